The van der Waals surface area contributed by atoms with Crippen LogP contribution in [0.15, 0.2) is 12.4 Å². The summed E-state index contributed by atoms with van der Waals surface area (Å²) in [6, 6.07) is 0. The second-order valence-electron chi connectivity index (χ2n) is 4.19. The molecule has 0 spiro atoms. The lowest BCUT2D eigenvalue weighted by molar-refractivity contribution is 0.773. The van der Waals surface area contributed by atoms with Crippen LogP contribution in [-0.4, -0.2) is 24.3 Å². The minimum atomic E-state index is 0.676. The number of hydrogen-bond acceptors (Lipinski definition) is 5. The van der Waals surface area contributed by atoms with E-state index in [-0.39, 0.29) is 0 Å². The van der Waals surface area contributed by atoms with Gasteiger partial charge in [-0.2, -0.15) is 5.10 Å². The van der Waals surface area contributed by atoms with Crippen molar-refractivity contribution >= 4 is 26.8 Å². The zero-order valence-corrected chi connectivity index (χ0v) is 11.3. The van der Waals surface area contributed by atoms with E-state index in [1.54, 1.807) is 17.5 Å². The molecule has 3 aromatic heterocycles. The van der Waals surface area contributed by atoms with E-state index in [1.807, 2.05) is 36.5 Å². The molecule has 94 valence electrons. The van der Waals surface area contributed by atoms with E-state index in [0.717, 1.165) is 27.0 Å². The van der Waals surface area contributed by atoms with Gasteiger partial charge in [0.1, 0.15) is 5.82 Å². The van der Waals surface area contributed by atoms with Crippen LogP contribution in [0.25, 0.3) is 10.3 Å². The number of nitrogens with one attached hydrogen (secondary N) is 1. The maximum atomic E-state index is 4.53. The van der Waals surface area contributed by atoms with Crippen molar-refractivity contribution in [3.05, 3.63) is 23.9 Å². The predicted molar refractivity (Wildman–Crippen MR) is 71.7 cm³/mol. The van der Waals surface area contributed by atoms with Crippen LogP contribution in [-0.2, 0) is 20.6 Å². The quantitative estimate of drug-likeness (QED) is 0.780. The predicted octanol–water partition coefficient (Wildman–Crippen LogP) is 1.68. The fourth-order valence-electron chi connectivity index (χ4n) is 1.88. The Morgan fingerprint density at radius 2 is 2.22 bits per heavy atom. The number of thiazole rings is 1. The van der Waals surface area contributed by atoms with Crippen LogP contribution in [0.2, 0.25) is 0 Å². The van der Waals surface area contributed by atoms with Gasteiger partial charge in [-0.3, -0.25) is 0 Å². The largest absolute Gasteiger partial charge is 0.354 e. The second-order valence-corrected chi connectivity index (χ2v) is 5.19. The van der Waals surface area contributed by atoms with Crippen LogP contribution >= 0.6 is 11.3 Å². The van der Waals surface area contributed by atoms with E-state index in [4.69, 9.17) is 0 Å². The normalized spacial score (nSPS) is 11.3. The second kappa shape index (κ2) is 4.09. The van der Waals surface area contributed by atoms with Crippen molar-refractivity contribution < 1.29 is 0 Å². The molecule has 6 nitrogen and oxygen atoms in total. The zero-order valence-electron chi connectivity index (χ0n) is 10.5. The molecule has 0 saturated heterocycles. The number of aromatic nitrogens is 5. The molecule has 3 rings (SSSR count). The van der Waals surface area contributed by atoms with Crippen LogP contribution in [0.4, 0.5) is 5.13 Å². The number of fused-ring (bicyclic) bond motifs is 1. The molecule has 0 bridgehead atoms. The fraction of sp³-hybridized carbons (Fsp3) is 0.364. The zero-order chi connectivity index (χ0) is 12.7. The molecular formula is C11H14N6S. The number of anilines is 1. The molecule has 0 aliphatic rings. The summed E-state index contributed by atoms with van der Waals surface area (Å²) >= 11 is 1.63. The maximum Gasteiger partial charge on any atom is 0.185 e. The lowest BCUT2D eigenvalue weighted by Crippen LogP contribution is -2.05. The third kappa shape index (κ3) is 1.76. The van der Waals surface area contributed by atoms with Gasteiger partial charge in [-0.05, 0) is 6.92 Å². The van der Waals surface area contributed by atoms with Crippen molar-refractivity contribution in [1.82, 2.24) is 24.3 Å². The molecule has 0 radical (unpaired) electrons. The van der Waals surface area contributed by atoms with Gasteiger partial charge in [0.05, 0.1) is 16.9 Å². The summed E-state index contributed by atoms with van der Waals surface area (Å²) in [6.45, 7) is 2.68. The summed E-state index contributed by atoms with van der Waals surface area (Å²) in [5.74, 6) is 0.990. The summed E-state index contributed by atoms with van der Waals surface area (Å²) < 4.78 is 4.94. The van der Waals surface area contributed by atoms with Crippen LogP contribution in [0.1, 0.15) is 11.5 Å². The number of rotatable bonds is 3. The monoisotopic (exact) mass is 262 g/mol. The SMILES string of the molecule is Cc1nn(C)c2nc(NCc3nccn3C)sc12. The molecule has 0 aliphatic carbocycles. The first-order valence-electron chi connectivity index (χ1n) is 5.65. The molecule has 0 aliphatic heterocycles. The fourth-order valence-corrected chi connectivity index (χ4v) is 2.81. The van der Waals surface area contributed by atoms with Gasteiger partial charge >= 0.3 is 0 Å². The molecule has 0 fully saturated rings. The Hall–Kier alpha value is -1.89. The van der Waals surface area contributed by atoms with Gasteiger partial charge in [0.15, 0.2) is 10.8 Å². The van der Waals surface area contributed by atoms with E-state index in [1.165, 1.54) is 0 Å². The van der Waals surface area contributed by atoms with E-state index in [9.17, 15) is 0 Å². The number of nitrogens with zero attached hydrogens (tertiary/aromatic N) is 5. The Balaban J connectivity index is 1.83. The molecule has 0 saturated carbocycles. The van der Waals surface area contributed by atoms with Gasteiger partial charge in [-0.15, -0.1) is 0 Å². The first kappa shape index (κ1) is 11.2. The average Bonchev–Trinajstić information content (AvgIpc) is 2.97. The Kier molecular flexibility index (Phi) is 2.55. The van der Waals surface area contributed by atoms with Gasteiger partial charge in [0, 0.05) is 26.5 Å². The summed E-state index contributed by atoms with van der Waals surface area (Å²) in [5, 5.41) is 8.54. The molecule has 3 aromatic rings. The smallest absolute Gasteiger partial charge is 0.185 e. The standard InChI is InChI=1S/C11H14N6S/c1-7-9-10(17(3)15-7)14-11(18-9)13-6-8-12-4-5-16(8)2/h4-5H,6H2,1-3H3,(H,13,14). The Morgan fingerprint density at radius 3 is 2.89 bits per heavy atom. The molecule has 0 amide bonds. The summed E-state index contributed by atoms with van der Waals surface area (Å²) in [4.78, 5) is 8.80. The van der Waals surface area contributed by atoms with Crippen molar-refractivity contribution in [2.45, 2.75) is 13.5 Å². The minimum absolute atomic E-state index is 0.676. The lowest BCUT2D eigenvalue weighted by atomic mass is 10.5. The van der Waals surface area contributed by atoms with Crippen molar-refractivity contribution in [2.75, 3.05) is 5.32 Å². The summed E-state index contributed by atoms with van der Waals surface area (Å²) in [7, 11) is 3.90. The summed E-state index contributed by atoms with van der Waals surface area (Å²) in [5.41, 5.74) is 1.95. The molecule has 18 heavy (non-hydrogen) atoms. The highest BCUT2D eigenvalue weighted by Crippen LogP contribution is 2.28. The van der Waals surface area contributed by atoms with Crippen molar-refractivity contribution in [2.24, 2.45) is 14.1 Å². The van der Waals surface area contributed by atoms with E-state index < -0.39 is 0 Å². The third-order valence-electron chi connectivity index (χ3n) is 2.86. The third-order valence-corrected chi connectivity index (χ3v) is 3.97. The first-order valence-corrected chi connectivity index (χ1v) is 6.47. The van der Waals surface area contributed by atoms with Crippen LogP contribution in [0.5, 0.6) is 0 Å². The minimum Gasteiger partial charge on any atom is -0.354 e. The van der Waals surface area contributed by atoms with E-state index in [2.05, 4.69) is 20.4 Å². The van der Waals surface area contributed by atoms with Crippen LogP contribution in [0.3, 0.4) is 0 Å². The molecule has 3 heterocycles. The molecule has 0 unspecified atom stereocenters. The lowest BCUT2D eigenvalue weighted by Gasteiger charge is -2.02. The molecule has 0 aromatic carbocycles. The van der Waals surface area contributed by atoms with E-state index >= 15 is 0 Å². The average molecular weight is 262 g/mol. The van der Waals surface area contributed by atoms with Crippen LogP contribution < -0.4 is 5.32 Å². The van der Waals surface area contributed by atoms with Gasteiger partial charge < -0.3 is 9.88 Å². The molecule has 1 N–H and O–H groups in total. The van der Waals surface area contributed by atoms with Gasteiger partial charge in [-0.1, -0.05) is 11.3 Å². The first-order chi connectivity index (χ1) is 8.65. The molecule has 0 atom stereocenters. The van der Waals surface area contributed by atoms with Crippen molar-refractivity contribution in [1.29, 1.82) is 0 Å². The van der Waals surface area contributed by atoms with Crippen LogP contribution in [0, 0.1) is 6.92 Å². The highest BCUT2D eigenvalue weighted by molar-refractivity contribution is 7.22. The number of hydrogen-bond donors (Lipinski definition) is 1. The Bertz CT molecular complexity index is 657. The maximum absolute atomic E-state index is 4.53. The van der Waals surface area contributed by atoms with E-state index in [0.29, 0.717) is 6.54 Å². The van der Waals surface area contributed by atoms with Gasteiger partial charge in [-0.25, -0.2) is 14.6 Å². The summed E-state index contributed by atoms with van der Waals surface area (Å²) in [6.07, 6.45) is 3.73. The van der Waals surface area contributed by atoms with Crippen molar-refractivity contribution in [3.63, 3.8) is 0 Å². The van der Waals surface area contributed by atoms with Gasteiger partial charge in [0.2, 0.25) is 0 Å². The van der Waals surface area contributed by atoms with Crippen molar-refractivity contribution in [3.8, 4) is 0 Å². The molecular weight excluding hydrogens is 248 g/mol. The highest BCUT2D eigenvalue weighted by atomic mass is 32.1. The topological polar surface area (TPSA) is 60.6 Å². The Morgan fingerprint density at radius 1 is 1.39 bits per heavy atom. The molecule has 7 heteroatoms. The number of aryl methyl sites for hydroxylation is 3. The Labute approximate surface area is 108 Å². The highest BCUT2D eigenvalue weighted by Gasteiger charge is 2.11. The van der Waals surface area contributed by atoms with Gasteiger partial charge in [0.25, 0.3) is 0 Å². The number of imidazole rings is 1.